The molecule has 0 amide bonds. The van der Waals surface area contributed by atoms with E-state index >= 15 is 0 Å². The molecule has 322 valence electrons. The van der Waals surface area contributed by atoms with Crippen LogP contribution in [0.15, 0.2) is 182 Å². The van der Waals surface area contributed by atoms with Crippen LogP contribution in [0.3, 0.4) is 0 Å². The third-order valence-electron chi connectivity index (χ3n) is 12.2. The molecule has 0 radical (unpaired) electrons. The second-order valence-corrected chi connectivity index (χ2v) is 18.7. The van der Waals surface area contributed by atoms with E-state index in [1.54, 1.807) is 6.07 Å². The number of hydrogen-bond donors (Lipinski definition) is 1. The summed E-state index contributed by atoms with van der Waals surface area (Å²) >= 11 is 0. The van der Waals surface area contributed by atoms with Crippen molar-refractivity contribution in [3.63, 3.8) is 0 Å². The number of rotatable bonds is 7. The summed E-state index contributed by atoms with van der Waals surface area (Å²) in [5, 5.41) is 13.6. The third kappa shape index (κ3) is 8.45. The van der Waals surface area contributed by atoms with Crippen LogP contribution in [0.1, 0.15) is 52.7 Å². The van der Waals surface area contributed by atoms with Crippen LogP contribution in [0.5, 0.6) is 5.75 Å². The number of aromatic hydroxyl groups is 1. The van der Waals surface area contributed by atoms with E-state index in [1.807, 2.05) is 48.8 Å². The molecule has 1 N–H and O–H groups in total. The van der Waals surface area contributed by atoms with Crippen LogP contribution in [0.2, 0.25) is 0 Å². The van der Waals surface area contributed by atoms with Crippen molar-refractivity contribution in [2.45, 2.75) is 52.4 Å². The summed E-state index contributed by atoms with van der Waals surface area (Å²) in [7, 11) is 0. The number of nitrogens with zero attached hydrogens (tertiary/aromatic N) is 4. The van der Waals surface area contributed by atoms with Crippen LogP contribution in [0, 0.1) is 6.07 Å². The summed E-state index contributed by atoms with van der Waals surface area (Å²) in [4.78, 5) is 15.1. The van der Waals surface area contributed by atoms with E-state index < -0.39 is 0 Å². The fourth-order valence-corrected chi connectivity index (χ4v) is 8.69. The average molecular weight is 1030 g/mol. The predicted molar refractivity (Wildman–Crippen MR) is 265 cm³/mol. The molecule has 0 saturated carbocycles. The third-order valence-corrected chi connectivity index (χ3v) is 12.2. The largest absolute Gasteiger partial charge is 0.507 e. The topological polar surface area (TPSA) is 63.8 Å². The number of phenols is 1. The first kappa shape index (κ1) is 43.3. The Morgan fingerprint density at radius 2 is 1.06 bits per heavy atom. The average Bonchev–Trinajstić information content (AvgIpc) is 3.66. The summed E-state index contributed by atoms with van der Waals surface area (Å²) in [5.41, 5.74) is 16.2. The zero-order valence-electron chi connectivity index (χ0n) is 37.4. The van der Waals surface area contributed by atoms with Crippen molar-refractivity contribution in [1.29, 1.82) is 0 Å². The van der Waals surface area contributed by atoms with Crippen molar-refractivity contribution in [3.05, 3.63) is 199 Å². The van der Waals surface area contributed by atoms with Crippen LogP contribution in [0.4, 0.5) is 0 Å². The van der Waals surface area contributed by atoms with Crippen molar-refractivity contribution in [1.82, 2.24) is 19.5 Å². The molecule has 0 aliphatic heterocycles. The maximum Gasteiger partial charge on any atom is 0.124 e. The molecule has 4 heterocycles. The van der Waals surface area contributed by atoms with Gasteiger partial charge in [0.15, 0.2) is 0 Å². The number of hydrogen-bond acceptors (Lipinski definition) is 4. The Labute approximate surface area is 395 Å². The molecule has 10 rings (SSSR count). The van der Waals surface area contributed by atoms with Gasteiger partial charge < -0.3 is 9.67 Å². The maximum absolute atomic E-state index is 11.2. The summed E-state index contributed by atoms with van der Waals surface area (Å²) in [6, 6.07) is 62.6. The van der Waals surface area contributed by atoms with E-state index in [2.05, 4.69) is 180 Å². The van der Waals surface area contributed by atoms with E-state index in [0.717, 1.165) is 72.7 Å². The van der Waals surface area contributed by atoms with Crippen LogP contribution < -0.4 is 0 Å². The van der Waals surface area contributed by atoms with Gasteiger partial charge in [0.25, 0.3) is 0 Å². The molecule has 0 unspecified atom stereocenters. The Morgan fingerprint density at radius 3 is 1.78 bits per heavy atom. The maximum atomic E-state index is 11.2. The van der Waals surface area contributed by atoms with Gasteiger partial charge in [0.05, 0.1) is 22.4 Å². The van der Waals surface area contributed by atoms with Crippen molar-refractivity contribution < 1.29 is 26.2 Å². The van der Waals surface area contributed by atoms with Crippen molar-refractivity contribution >= 4 is 21.8 Å². The van der Waals surface area contributed by atoms with E-state index in [1.165, 1.54) is 21.9 Å². The summed E-state index contributed by atoms with van der Waals surface area (Å²) < 4.78 is 2.37. The Bertz CT molecular complexity index is 3330. The summed E-state index contributed by atoms with van der Waals surface area (Å²) in [5.74, 6) is 0.172. The number of fused-ring (bicyclic) bond motifs is 3. The monoisotopic (exact) mass is 1020 g/mol. The van der Waals surface area contributed by atoms with Crippen LogP contribution in [-0.2, 0) is 31.9 Å². The van der Waals surface area contributed by atoms with Gasteiger partial charge in [-0.3, -0.25) is 15.0 Å². The molecule has 0 aliphatic carbocycles. The normalized spacial score (nSPS) is 11.8. The summed E-state index contributed by atoms with van der Waals surface area (Å²) in [6.07, 6.45) is 3.71. The van der Waals surface area contributed by atoms with Gasteiger partial charge in [-0.15, -0.1) is 18.2 Å². The van der Waals surface area contributed by atoms with Gasteiger partial charge in [0, 0.05) is 72.4 Å². The molecule has 0 atom stereocenters. The second-order valence-electron chi connectivity index (χ2n) is 18.7. The van der Waals surface area contributed by atoms with Gasteiger partial charge >= 0.3 is 0 Å². The van der Waals surface area contributed by atoms with Gasteiger partial charge in [-0.05, 0) is 93.2 Å². The number of benzene rings is 6. The quantitative estimate of drug-likeness (QED) is 0.162. The van der Waals surface area contributed by atoms with Crippen molar-refractivity contribution in [2.24, 2.45) is 0 Å². The number of pyridine rings is 3. The zero-order valence-corrected chi connectivity index (χ0v) is 39.6. The molecule has 65 heavy (non-hydrogen) atoms. The fourth-order valence-electron chi connectivity index (χ4n) is 8.69. The predicted octanol–water partition coefficient (Wildman–Crippen LogP) is 15.1. The molecule has 4 aromatic heterocycles. The van der Waals surface area contributed by atoms with Crippen LogP contribution >= 0.6 is 0 Å². The standard InChI is InChI=1S/C59H49N4O.Pt/c1-58(2,3)44-32-39(33-45(37-44)59(4,5)6)40-35-53(62-54(36-40)50-20-11-13-25-56(50)64)43-30-41(51-23-14-15-27-60-51)29-42(31-43)52-34-38(26-28-61-52)47-21-16-22-49-48-19-10-12-24-55(48)63(57(47)49)46-17-8-7-9-18-46;/h7-30,32-37,64H,1-6H3;/q-1;. The molecule has 0 fully saturated rings. The number of para-hydroxylation sites is 4. The Hall–Kier alpha value is -6.94. The number of phenolic OH excluding ortho intramolecular Hbond substituents is 1. The van der Waals surface area contributed by atoms with E-state index in [9.17, 15) is 5.11 Å². The minimum atomic E-state index is -0.0722. The molecule has 0 saturated heterocycles. The first-order valence-corrected chi connectivity index (χ1v) is 21.9. The second kappa shape index (κ2) is 17.2. The van der Waals surface area contributed by atoms with E-state index in [0.29, 0.717) is 11.3 Å². The SMILES string of the molecule is CC(C)(C)c1cc(-c2cc(-c3[c-]c(-c4cc(-c5cccc6c7ccccc7n(-c7ccccc7)c56)ccn4)cc(-c4ccccn4)c3)nc(-c3ccccc3O)c2)cc(C(C)(C)C)c1.[Pt]. The molecular weight excluding hydrogens is 976 g/mol. The van der Waals surface area contributed by atoms with Gasteiger partial charge in [0.1, 0.15) is 5.75 Å². The van der Waals surface area contributed by atoms with E-state index in [4.69, 9.17) is 15.0 Å². The van der Waals surface area contributed by atoms with Gasteiger partial charge in [-0.25, -0.2) is 0 Å². The molecule has 0 spiro atoms. The number of aromatic nitrogens is 4. The molecule has 0 bridgehead atoms. The first-order valence-electron chi connectivity index (χ1n) is 21.9. The molecule has 6 heteroatoms. The smallest absolute Gasteiger partial charge is 0.124 e. The van der Waals surface area contributed by atoms with Crippen molar-refractivity contribution in [2.75, 3.05) is 0 Å². The zero-order chi connectivity index (χ0) is 44.2. The van der Waals surface area contributed by atoms with Gasteiger partial charge in [-0.1, -0.05) is 161 Å². The van der Waals surface area contributed by atoms with Crippen LogP contribution in [0.25, 0.3) is 94.8 Å². The molecular formula is C59H49N4OPt-. The fraction of sp³-hybridized carbons (Fsp3) is 0.136. The van der Waals surface area contributed by atoms with Gasteiger partial charge in [0.2, 0.25) is 0 Å². The Kier molecular flexibility index (Phi) is 11.5. The minimum Gasteiger partial charge on any atom is -0.507 e. The van der Waals surface area contributed by atoms with Crippen molar-refractivity contribution in [3.8, 4) is 78.7 Å². The molecule has 10 aromatic rings. The first-order chi connectivity index (χ1) is 30.9. The van der Waals surface area contributed by atoms with Gasteiger partial charge in [-0.2, -0.15) is 0 Å². The van der Waals surface area contributed by atoms with Crippen LogP contribution in [-0.4, -0.2) is 24.6 Å². The molecule has 6 aromatic carbocycles. The molecule has 5 nitrogen and oxygen atoms in total. The molecule has 0 aliphatic rings. The Balaban J connectivity index is 0.00000533. The minimum absolute atomic E-state index is 0. The Morgan fingerprint density at radius 1 is 0.462 bits per heavy atom. The van der Waals surface area contributed by atoms with E-state index in [-0.39, 0.29) is 37.6 Å². The summed E-state index contributed by atoms with van der Waals surface area (Å²) in [6.45, 7) is 13.6.